The second kappa shape index (κ2) is 7.47. The smallest absolute Gasteiger partial charge is 0.137 e. The summed E-state index contributed by atoms with van der Waals surface area (Å²) in [5.41, 5.74) is 0.973. The van der Waals surface area contributed by atoms with Crippen molar-refractivity contribution in [1.29, 1.82) is 0 Å². The van der Waals surface area contributed by atoms with Crippen molar-refractivity contribution in [1.82, 2.24) is 14.8 Å². The molecule has 0 radical (unpaired) electrons. The molecule has 0 aliphatic heterocycles. The Hall–Kier alpha value is -1.53. The van der Waals surface area contributed by atoms with Crippen molar-refractivity contribution in [2.24, 2.45) is 0 Å². The van der Waals surface area contributed by atoms with Gasteiger partial charge in [0.25, 0.3) is 0 Å². The number of benzene rings is 2. The number of aromatic nitrogens is 3. The topological polar surface area (TPSA) is 50.9 Å². The van der Waals surface area contributed by atoms with Gasteiger partial charge in [0.1, 0.15) is 18.3 Å². The normalized spacial score (nSPS) is 17.4. The first-order valence-corrected chi connectivity index (χ1v) is 10.4. The average molecular weight is 420 g/mol. The molecule has 4 rings (SSSR count). The predicted octanol–water partition coefficient (Wildman–Crippen LogP) is 4.94. The van der Waals surface area contributed by atoms with Gasteiger partial charge in [0, 0.05) is 15.8 Å². The first kappa shape index (κ1) is 18.8. The third kappa shape index (κ3) is 3.87. The zero-order chi connectivity index (χ0) is 18.9. The fourth-order valence-corrected chi connectivity index (χ4v) is 5.07. The zero-order valence-corrected chi connectivity index (χ0v) is 16.9. The van der Waals surface area contributed by atoms with Crippen LogP contribution in [0.1, 0.15) is 24.0 Å². The van der Waals surface area contributed by atoms with Gasteiger partial charge in [-0.05, 0) is 48.2 Å². The van der Waals surface area contributed by atoms with Gasteiger partial charge in [0.2, 0.25) is 0 Å². The molecule has 0 saturated heterocycles. The molecular formula is C20H19Cl2N3OS. The van der Waals surface area contributed by atoms with Crippen LogP contribution in [-0.4, -0.2) is 24.6 Å². The molecule has 0 spiro atoms. The van der Waals surface area contributed by atoms with Gasteiger partial charge in [0.15, 0.2) is 0 Å². The molecule has 1 atom stereocenters. The van der Waals surface area contributed by atoms with E-state index in [-0.39, 0.29) is 4.75 Å². The van der Waals surface area contributed by atoms with Crippen molar-refractivity contribution in [2.45, 2.75) is 35.5 Å². The molecule has 4 nitrogen and oxygen atoms in total. The Labute approximate surface area is 172 Å². The van der Waals surface area contributed by atoms with E-state index in [1.807, 2.05) is 48.5 Å². The number of hydrogen-bond acceptors (Lipinski definition) is 4. The van der Waals surface area contributed by atoms with E-state index in [0.29, 0.717) is 11.6 Å². The van der Waals surface area contributed by atoms with Crippen LogP contribution in [0.3, 0.4) is 0 Å². The third-order valence-electron chi connectivity index (χ3n) is 5.07. The maximum atomic E-state index is 11.9. The monoisotopic (exact) mass is 419 g/mol. The molecule has 0 amide bonds. The standard InChI is InChI=1S/C20H19Cl2N3OS/c21-17-5-1-15(2-6-17)11-27-19(9-10-19)20(26,12-25-14-23-13-24-25)16-3-7-18(22)8-4-16/h1-8,13-14,26H,9-12H2. The van der Waals surface area contributed by atoms with Crippen LogP contribution in [0.5, 0.6) is 0 Å². The maximum absolute atomic E-state index is 11.9. The molecular weight excluding hydrogens is 401 g/mol. The minimum absolute atomic E-state index is 0.271. The summed E-state index contributed by atoms with van der Waals surface area (Å²) in [6.07, 6.45) is 5.02. The highest BCUT2D eigenvalue weighted by Crippen LogP contribution is 2.60. The number of thioether (sulfide) groups is 1. The highest BCUT2D eigenvalue weighted by Gasteiger charge is 2.60. The summed E-state index contributed by atoms with van der Waals surface area (Å²) in [5.74, 6) is 0.810. The van der Waals surface area contributed by atoms with Crippen molar-refractivity contribution in [3.05, 3.63) is 82.4 Å². The molecule has 1 heterocycles. The Kier molecular flexibility index (Phi) is 5.21. The Morgan fingerprint density at radius 3 is 2.22 bits per heavy atom. The van der Waals surface area contributed by atoms with Crippen LogP contribution in [0, 0.1) is 0 Å². The van der Waals surface area contributed by atoms with E-state index >= 15 is 0 Å². The lowest BCUT2D eigenvalue weighted by atomic mass is 9.88. The van der Waals surface area contributed by atoms with E-state index < -0.39 is 5.60 Å². The van der Waals surface area contributed by atoms with Gasteiger partial charge >= 0.3 is 0 Å². The van der Waals surface area contributed by atoms with Gasteiger partial charge in [-0.25, -0.2) is 9.67 Å². The van der Waals surface area contributed by atoms with Crippen LogP contribution in [0.4, 0.5) is 0 Å². The van der Waals surface area contributed by atoms with Crippen LogP contribution >= 0.6 is 35.0 Å². The second-order valence-electron chi connectivity index (χ2n) is 6.87. The molecule has 140 valence electrons. The molecule has 0 bridgehead atoms. The van der Waals surface area contributed by atoms with E-state index in [9.17, 15) is 5.11 Å². The van der Waals surface area contributed by atoms with E-state index in [0.717, 1.165) is 29.2 Å². The second-order valence-corrected chi connectivity index (χ2v) is 9.10. The quantitative estimate of drug-likeness (QED) is 0.588. The molecule has 1 aliphatic carbocycles. The lowest BCUT2D eigenvalue weighted by molar-refractivity contribution is 0.00489. The molecule has 3 aromatic rings. The van der Waals surface area contributed by atoms with Crippen molar-refractivity contribution in [3.8, 4) is 0 Å². The molecule has 1 saturated carbocycles. The van der Waals surface area contributed by atoms with Crippen molar-refractivity contribution in [3.63, 3.8) is 0 Å². The number of halogens is 2. The van der Waals surface area contributed by atoms with E-state index in [2.05, 4.69) is 10.1 Å². The maximum Gasteiger partial charge on any atom is 0.137 e. The van der Waals surface area contributed by atoms with Crippen molar-refractivity contribution in [2.75, 3.05) is 0 Å². The lowest BCUT2D eigenvalue weighted by Gasteiger charge is -2.37. The van der Waals surface area contributed by atoms with Crippen LogP contribution in [-0.2, 0) is 17.9 Å². The molecule has 7 heteroatoms. The van der Waals surface area contributed by atoms with Gasteiger partial charge in [-0.2, -0.15) is 5.10 Å². The SMILES string of the molecule is OC(Cn1cncn1)(c1ccc(Cl)cc1)C1(SCc2ccc(Cl)cc2)CC1. The van der Waals surface area contributed by atoms with Crippen LogP contribution < -0.4 is 0 Å². The van der Waals surface area contributed by atoms with Crippen LogP contribution in [0.15, 0.2) is 61.2 Å². The molecule has 1 aromatic heterocycles. The number of hydrogen-bond donors (Lipinski definition) is 1. The summed E-state index contributed by atoms with van der Waals surface area (Å²) in [7, 11) is 0. The first-order valence-electron chi connectivity index (χ1n) is 8.70. The van der Waals surface area contributed by atoms with Crippen LogP contribution in [0.2, 0.25) is 10.0 Å². The van der Waals surface area contributed by atoms with Crippen molar-refractivity contribution < 1.29 is 5.11 Å². The molecule has 1 aliphatic rings. The molecule has 2 aromatic carbocycles. The fraction of sp³-hybridized carbons (Fsp3) is 0.300. The predicted molar refractivity (Wildman–Crippen MR) is 110 cm³/mol. The minimum Gasteiger partial charge on any atom is -0.382 e. The number of nitrogens with zero attached hydrogens (tertiary/aromatic N) is 3. The molecule has 27 heavy (non-hydrogen) atoms. The zero-order valence-electron chi connectivity index (χ0n) is 14.6. The van der Waals surface area contributed by atoms with E-state index in [1.165, 1.54) is 11.9 Å². The highest BCUT2D eigenvalue weighted by molar-refractivity contribution is 8.00. The largest absolute Gasteiger partial charge is 0.382 e. The highest BCUT2D eigenvalue weighted by atomic mass is 35.5. The number of aliphatic hydroxyl groups is 1. The van der Waals surface area contributed by atoms with E-state index in [4.69, 9.17) is 23.2 Å². The summed E-state index contributed by atoms with van der Waals surface area (Å²) in [5, 5.41) is 17.5. The Morgan fingerprint density at radius 1 is 1.04 bits per heavy atom. The summed E-state index contributed by atoms with van der Waals surface area (Å²) >= 11 is 13.8. The summed E-state index contributed by atoms with van der Waals surface area (Å²) in [4.78, 5) is 4.02. The van der Waals surface area contributed by atoms with Gasteiger partial charge in [0.05, 0.1) is 11.3 Å². The average Bonchev–Trinajstić information content (AvgIpc) is 3.31. The minimum atomic E-state index is -1.07. The Bertz CT molecular complexity index is 896. The van der Waals surface area contributed by atoms with Gasteiger partial charge in [-0.15, -0.1) is 11.8 Å². The van der Waals surface area contributed by atoms with Gasteiger partial charge in [-0.1, -0.05) is 47.5 Å². The van der Waals surface area contributed by atoms with Crippen LogP contribution in [0.25, 0.3) is 0 Å². The third-order valence-corrected chi connectivity index (χ3v) is 7.35. The Balaban J connectivity index is 1.62. The van der Waals surface area contributed by atoms with Gasteiger partial charge in [-0.3, -0.25) is 0 Å². The first-order chi connectivity index (χ1) is 13.0. The molecule has 1 N–H and O–H groups in total. The molecule has 1 unspecified atom stereocenters. The Morgan fingerprint density at radius 2 is 1.67 bits per heavy atom. The van der Waals surface area contributed by atoms with E-state index in [1.54, 1.807) is 22.8 Å². The van der Waals surface area contributed by atoms with Crippen molar-refractivity contribution >= 4 is 35.0 Å². The number of rotatable bonds is 7. The fourth-order valence-electron chi connectivity index (χ4n) is 3.37. The lowest BCUT2D eigenvalue weighted by Crippen LogP contribution is -2.43. The van der Waals surface area contributed by atoms with Gasteiger partial charge < -0.3 is 5.11 Å². The molecule has 1 fully saturated rings. The summed E-state index contributed by atoms with van der Waals surface area (Å²) in [6.45, 7) is 0.349. The summed E-state index contributed by atoms with van der Waals surface area (Å²) in [6, 6.07) is 15.3. The summed E-state index contributed by atoms with van der Waals surface area (Å²) < 4.78 is 1.42.